The highest BCUT2D eigenvalue weighted by molar-refractivity contribution is 7.92. The highest BCUT2D eigenvalue weighted by Crippen LogP contribution is 2.28. The van der Waals surface area contributed by atoms with Gasteiger partial charge in [-0.3, -0.25) is 9.79 Å². The minimum absolute atomic E-state index is 0.0208. The third kappa shape index (κ3) is 5.77. The molecule has 0 bridgehead atoms. The van der Waals surface area contributed by atoms with E-state index in [1.807, 2.05) is 0 Å². The fraction of sp³-hybridized carbons (Fsp3) is 0.579. The topological polar surface area (TPSA) is 90.9 Å². The zero-order valence-corrected chi connectivity index (χ0v) is 16.6. The summed E-state index contributed by atoms with van der Waals surface area (Å²) in [7, 11) is -1.22. The van der Waals surface area contributed by atoms with Crippen molar-refractivity contribution in [1.82, 2.24) is 15.5 Å². The molecule has 0 aromatic heterocycles. The van der Waals surface area contributed by atoms with Crippen LogP contribution >= 0.6 is 0 Å². The van der Waals surface area contributed by atoms with E-state index in [0.29, 0.717) is 19.5 Å². The third-order valence-electron chi connectivity index (χ3n) is 4.91. The first-order valence-corrected chi connectivity index (χ1v) is 11.2. The molecule has 27 heavy (non-hydrogen) atoms. The molecule has 0 atom stereocenters. The molecule has 1 amide bonds. The second-order valence-corrected chi connectivity index (χ2v) is 9.46. The number of amides is 1. The molecule has 1 fully saturated rings. The molecule has 0 saturated heterocycles. The lowest BCUT2D eigenvalue weighted by molar-refractivity contribution is -0.129. The van der Waals surface area contributed by atoms with Gasteiger partial charge in [0.15, 0.2) is 9.84 Å². The first kappa shape index (κ1) is 19.8. The van der Waals surface area contributed by atoms with Crippen molar-refractivity contribution >= 4 is 21.6 Å². The lowest BCUT2D eigenvalue weighted by Gasteiger charge is -2.17. The lowest BCUT2D eigenvalue weighted by atomic mass is 10.1. The van der Waals surface area contributed by atoms with E-state index >= 15 is 0 Å². The van der Waals surface area contributed by atoms with Crippen LogP contribution in [0.15, 0.2) is 29.3 Å². The molecule has 2 N–H and O–H groups in total. The summed E-state index contributed by atoms with van der Waals surface area (Å²) in [6.07, 6.45) is 2.64. The number of nitrogens with one attached hydrogen (secondary N) is 2. The van der Waals surface area contributed by atoms with Crippen LogP contribution in [-0.4, -0.2) is 69.4 Å². The van der Waals surface area contributed by atoms with E-state index in [4.69, 9.17) is 0 Å². The molecule has 7 nitrogen and oxygen atoms in total. The van der Waals surface area contributed by atoms with Crippen LogP contribution in [0.3, 0.4) is 0 Å². The largest absolute Gasteiger partial charge is 0.368 e. The number of hydrogen-bond donors (Lipinski definition) is 2. The molecule has 0 spiro atoms. The SMILES string of the molecule is CN(CCc1ccc(C2=NCCN2)cc1)C(=O)CCNCS(=O)(=O)C1CC1. The molecule has 1 saturated carbocycles. The van der Waals surface area contributed by atoms with Crippen molar-refractivity contribution in [3.05, 3.63) is 35.4 Å². The van der Waals surface area contributed by atoms with E-state index < -0.39 is 9.84 Å². The summed E-state index contributed by atoms with van der Waals surface area (Å²) in [5, 5.41) is 5.98. The molecule has 2 aliphatic rings. The molecule has 0 radical (unpaired) electrons. The van der Waals surface area contributed by atoms with Crippen molar-refractivity contribution in [1.29, 1.82) is 0 Å². The maximum absolute atomic E-state index is 12.2. The average Bonchev–Trinajstić information content (AvgIpc) is 3.40. The van der Waals surface area contributed by atoms with Crippen LogP contribution in [0, 0.1) is 0 Å². The van der Waals surface area contributed by atoms with Crippen molar-refractivity contribution in [2.45, 2.75) is 30.9 Å². The first-order valence-electron chi connectivity index (χ1n) is 9.49. The van der Waals surface area contributed by atoms with Gasteiger partial charge in [-0.25, -0.2) is 8.42 Å². The Kier molecular flexibility index (Phi) is 6.49. The normalized spacial score (nSPS) is 16.7. The van der Waals surface area contributed by atoms with Crippen LogP contribution in [0.4, 0.5) is 0 Å². The van der Waals surface area contributed by atoms with Crippen LogP contribution < -0.4 is 10.6 Å². The minimum atomic E-state index is -3.01. The average molecular weight is 393 g/mol. The van der Waals surface area contributed by atoms with E-state index in [2.05, 4.69) is 39.9 Å². The Hall–Kier alpha value is -1.93. The molecule has 3 rings (SSSR count). The summed E-state index contributed by atoms with van der Waals surface area (Å²) in [5.41, 5.74) is 2.26. The Labute approximate surface area is 161 Å². The van der Waals surface area contributed by atoms with E-state index in [9.17, 15) is 13.2 Å². The molecular formula is C19H28N4O3S. The van der Waals surface area contributed by atoms with Crippen molar-refractivity contribution in [3.8, 4) is 0 Å². The van der Waals surface area contributed by atoms with Gasteiger partial charge in [0.1, 0.15) is 5.84 Å². The minimum Gasteiger partial charge on any atom is -0.368 e. The van der Waals surface area contributed by atoms with Gasteiger partial charge in [-0.1, -0.05) is 24.3 Å². The second-order valence-electron chi connectivity index (χ2n) is 7.18. The Morgan fingerprint density at radius 3 is 2.67 bits per heavy atom. The van der Waals surface area contributed by atoms with Crippen LogP contribution in [0.1, 0.15) is 30.4 Å². The fourth-order valence-corrected chi connectivity index (χ4v) is 4.51. The summed E-state index contributed by atoms with van der Waals surface area (Å²) in [5.74, 6) is 0.943. The summed E-state index contributed by atoms with van der Waals surface area (Å²) >= 11 is 0. The number of nitrogens with zero attached hydrogens (tertiary/aromatic N) is 2. The smallest absolute Gasteiger partial charge is 0.223 e. The van der Waals surface area contributed by atoms with Gasteiger partial charge in [-0.05, 0) is 24.8 Å². The molecule has 8 heteroatoms. The van der Waals surface area contributed by atoms with Gasteiger partial charge in [0.25, 0.3) is 0 Å². The van der Waals surface area contributed by atoms with Gasteiger partial charge < -0.3 is 15.5 Å². The summed E-state index contributed by atoms with van der Waals surface area (Å²) < 4.78 is 23.5. The van der Waals surface area contributed by atoms with E-state index in [0.717, 1.165) is 43.8 Å². The van der Waals surface area contributed by atoms with E-state index in [1.54, 1.807) is 11.9 Å². The summed E-state index contributed by atoms with van der Waals surface area (Å²) in [6.45, 7) is 2.74. The van der Waals surface area contributed by atoms with E-state index in [1.165, 1.54) is 5.56 Å². The van der Waals surface area contributed by atoms with Crippen molar-refractivity contribution in [2.75, 3.05) is 39.1 Å². The molecule has 1 heterocycles. The van der Waals surface area contributed by atoms with Crippen LogP contribution in [0.5, 0.6) is 0 Å². The number of rotatable bonds is 10. The van der Waals surface area contributed by atoms with Crippen molar-refractivity contribution in [3.63, 3.8) is 0 Å². The van der Waals surface area contributed by atoms with Gasteiger partial charge in [-0.15, -0.1) is 0 Å². The lowest BCUT2D eigenvalue weighted by Crippen LogP contribution is -2.33. The number of amidine groups is 1. The Balaban J connectivity index is 1.35. The standard InChI is InChI=1S/C19H28N4O3S/c1-23(18(24)8-10-20-14-27(25,26)17-6-7-17)13-9-15-2-4-16(5-3-15)19-21-11-12-22-19/h2-5,17,20H,6-14H2,1H3,(H,21,22). The highest BCUT2D eigenvalue weighted by atomic mass is 32.2. The molecule has 148 valence electrons. The number of hydrogen-bond acceptors (Lipinski definition) is 6. The molecule has 1 aliphatic heterocycles. The van der Waals surface area contributed by atoms with Gasteiger partial charge in [0.2, 0.25) is 5.91 Å². The van der Waals surface area contributed by atoms with Gasteiger partial charge in [0.05, 0.1) is 17.7 Å². The zero-order chi connectivity index (χ0) is 19.3. The monoisotopic (exact) mass is 392 g/mol. The molecule has 0 unspecified atom stereocenters. The third-order valence-corrected chi connectivity index (χ3v) is 7.01. The number of aliphatic imine (C=N–C) groups is 1. The highest BCUT2D eigenvalue weighted by Gasteiger charge is 2.34. The Morgan fingerprint density at radius 1 is 1.30 bits per heavy atom. The van der Waals surface area contributed by atoms with Crippen molar-refractivity contribution in [2.24, 2.45) is 4.99 Å². The second kappa shape index (κ2) is 8.84. The molecule has 1 aliphatic carbocycles. The van der Waals surface area contributed by atoms with Gasteiger partial charge in [-0.2, -0.15) is 0 Å². The van der Waals surface area contributed by atoms with Crippen molar-refractivity contribution < 1.29 is 13.2 Å². The van der Waals surface area contributed by atoms with E-state index in [-0.39, 0.29) is 17.0 Å². The summed E-state index contributed by atoms with van der Waals surface area (Å²) in [6, 6.07) is 8.25. The van der Waals surface area contributed by atoms with Gasteiger partial charge in [0, 0.05) is 38.7 Å². The predicted molar refractivity (Wildman–Crippen MR) is 107 cm³/mol. The Bertz CT molecular complexity index is 786. The fourth-order valence-electron chi connectivity index (χ4n) is 2.99. The quantitative estimate of drug-likeness (QED) is 0.568. The molecular weight excluding hydrogens is 364 g/mol. The van der Waals surface area contributed by atoms with Crippen LogP contribution in [0.25, 0.3) is 0 Å². The predicted octanol–water partition coefficient (Wildman–Crippen LogP) is 0.552. The number of benzene rings is 1. The Morgan fingerprint density at radius 2 is 2.04 bits per heavy atom. The number of likely N-dealkylation sites (N-methyl/N-ethyl adjacent to an activating group) is 1. The zero-order valence-electron chi connectivity index (χ0n) is 15.8. The first-order chi connectivity index (χ1) is 13.0. The van der Waals surface area contributed by atoms with Crippen LogP contribution in [-0.2, 0) is 21.1 Å². The van der Waals surface area contributed by atoms with Gasteiger partial charge >= 0.3 is 0 Å². The summed E-state index contributed by atoms with van der Waals surface area (Å²) in [4.78, 5) is 18.3. The number of carbonyl (C=O) groups is 1. The molecule has 1 aromatic rings. The maximum atomic E-state index is 12.2. The maximum Gasteiger partial charge on any atom is 0.223 e. The number of carbonyl (C=O) groups excluding carboxylic acids is 1. The van der Waals surface area contributed by atoms with Crippen LogP contribution in [0.2, 0.25) is 0 Å². The number of sulfone groups is 1. The molecule has 1 aromatic carbocycles.